The molecule has 1 saturated heterocycles. The van der Waals surface area contributed by atoms with E-state index in [1.807, 2.05) is 12.1 Å². The largest absolute Gasteiger partial charge is 0.481 e. The number of rotatable bonds is 7. The number of aryl methyl sites for hydroxylation is 1. The highest BCUT2D eigenvalue weighted by Gasteiger charge is 2.29. The number of ether oxygens (including phenoxy) is 1. The molecule has 1 atom stereocenters. The van der Waals surface area contributed by atoms with Gasteiger partial charge >= 0.3 is 5.97 Å². The molecule has 0 saturated carbocycles. The predicted octanol–water partition coefficient (Wildman–Crippen LogP) is 2.52. The van der Waals surface area contributed by atoms with Gasteiger partial charge in [-0.2, -0.15) is 0 Å². The Morgan fingerprint density at radius 2 is 1.91 bits per heavy atom. The van der Waals surface area contributed by atoms with Gasteiger partial charge in [0.05, 0.1) is 5.92 Å². The van der Waals surface area contributed by atoms with Crippen molar-refractivity contribution >= 4 is 23.5 Å². The number of carbonyl (C=O) groups excluding carboxylic acids is 1. The maximum atomic E-state index is 11.9. The molecule has 126 valence electrons. The summed E-state index contributed by atoms with van der Waals surface area (Å²) in [5, 5.41) is 12.8. The minimum Gasteiger partial charge on any atom is -0.481 e. The van der Waals surface area contributed by atoms with E-state index < -0.39 is 11.9 Å². The molecule has 5 nitrogen and oxygen atoms in total. The van der Waals surface area contributed by atoms with Crippen LogP contribution in [0, 0.1) is 11.8 Å². The third-order valence-corrected chi connectivity index (χ3v) is 4.48. The lowest BCUT2D eigenvalue weighted by Crippen LogP contribution is -2.39. The Balaban J connectivity index is 1.77. The Morgan fingerprint density at radius 3 is 2.52 bits per heavy atom. The highest BCUT2D eigenvalue weighted by atomic mass is 35.5. The van der Waals surface area contributed by atoms with Gasteiger partial charge in [0, 0.05) is 31.2 Å². The van der Waals surface area contributed by atoms with Crippen LogP contribution in [0.25, 0.3) is 0 Å². The SMILES string of the molecule is O=C(CCc1ccc(Cl)cc1)NCC(C(=O)O)C1CCOCC1. The Morgan fingerprint density at radius 1 is 1.26 bits per heavy atom. The number of halogens is 1. The molecule has 1 aliphatic heterocycles. The standard InChI is InChI=1S/C17H22ClNO4/c18-14-4-1-12(2-5-14)3-6-16(20)19-11-15(17(21)22)13-7-9-23-10-8-13/h1-2,4-5,13,15H,3,6-11H2,(H,19,20)(H,21,22). The van der Waals surface area contributed by atoms with Crippen LogP contribution >= 0.6 is 11.6 Å². The Kier molecular flexibility index (Phi) is 6.86. The summed E-state index contributed by atoms with van der Waals surface area (Å²) in [7, 11) is 0. The Hall–Kier alpha value is -1.59. The van der Waals surface area contributed by atoms with E-state index in [-0.39, 0.29) is 18.4 Å². The van der Waals surface area contributed by atoms with Gasteiger partial charge in [-0.15, -0.1) is 0 Å². The van der Waals surface area contributed by atoms with Gasteiger partial charge in [0.2, 0.25) is 5.91 Å². The molecule has 2 N–H and O–H groups in total. The summed E-state index contributed by atoms with van der Waals surface area (Å²) < 4.78 is 5.26. The first-order chi connectivity index (χ1) is 11.1. The third kappa shape index (κ3) is 5.84. The molecule has 0 radical (unpaired) electrons. The van der Waals surface area contributed by atoms with Crippen LogP contribution in [0.5, 0.6) is 0 Å². The lowest BCUT2D eigenvalue weighted by molar-refractivity contribution is -0.144. The van der Waals surface area contributed by atoms with Crippen molar-refractivity contribution in [1.29, 1.82) is 0 Å². The van der Waals surface area contributed by atoms with Gasteiger partial charge in [-0.3, -0.25) is 9.59 Å². The van der Waals surface area contributed by atoms with Crippen LogP contribution in [0.3, 0.4) is 0 Å². The second-order valence-electron chi connectivity index (χ2n) is 5.83. The molecule has 1 unspecified atom stereocenters. The van der Waals surface area contributed by atoms with E-state index in [2.05, 4.69) is 5.32 Å². The fourth-order valence-corrected chi connectivity index (χ4v) is 2.92. The number of hydrogen-bond acceptors (Lipinski definition) is 3. The number of benzene rings is 1. The molecular formula is C17H22ClNO4. The molecule has 1 fully saturated rings. The topological polar surface area (TPSA) is 75.6 Å². The van der Waals surface area contributed by atoms with Crippen molar-refractivity contribution in [3.63, 3.8) is 0 Å². The molecule has 1 aromatic rings. The summed E-state index contributed by atoms with van der Waals surface area (Å²) in [6, 6.07) is 7.36. The Labute approximate surface area is 141 Å². The fourth-order valence-electron chi connectivity index (χ4n) is 2.79. The highest BCUT2D eigenvalue weighted by Crippen LogP contribution is 2.23. The van der Waals surface area contributed by atoms with Crippen molar-refractivity contribution in [2.75, 3.05) is 19.8 Å². The fraction of sp³-hybridized carbons (Fsp3) is 0.529. The molecule has 23 heavy (non-hydrogen) atoms. The van der Waals surface area contributed by atoms with E-state index in [0.29, 0.717) is 31.1 Å². The number of amides is 1. The quantitative estimate of drug-likeness (QED) is 0.800. The van der Waals surface area contributed by atoms with Crippen molar-refractivity contribution in [3.05, 3.63) is 34.9 Å². The van der Waals surface area contributed by atoms with E-state index in [4.69, 9.17) is 16.3 Å². The molecule has 2 rings (SSSR count). The second-order valence-corrected chi connectivity index (χ2v) is 6.26. The van der Waals surface area contributed by atoms with Crippen molar-refractivity contribution in [1.82, 2.24) is 5.32 Å². The van der Waals surface area contributed by atoms with Crippen LogP contribution < -0.4 is 5.32 Å². The van der Waals surface area contributed by atoms with Crippen LogP contribution in [0.4, 0.5) is 0 Å². The van der Waals surface area contributed by atoms with Gasteiger partial charge in [-0.25, -0.2) is 0 Å². The summed E-state index contributed by atoms with van der Waals surface area (Å²) in [4.78, 5) is 23.4. The Bertz CT molecular complexity index is 526. The maximum absolute atomic E-state index is 11.9. The van der Waals surface area contributed by atoms with Gasteiger partial charge in [0.15, 0.2) is 0 Å². The van der Waals surface area contributed by atoms with Crippen molar-refractivity contribution in [2.45, 2.75) is 25.7 Å². The summed E-state index contributed by atoms with van der Waals surface area (Å²) >= 11 is 5.82. The van der Waals surface area contributed by atoms with Gasteiger partial charge in [0.1, 0.15) is 0 Å². The van der Waals surface area contributed by atoms with E-state index >= 15 is 0 Å². The van der Waals surface area contributed by atoms with Crippen molar-refractivity contribution in [2.24, 2.45) is 11.8 Å². The summed E-state index contributed by atoms with van der Waals surface area (Å²) in [5.41, 5.74) is 1.03. The molecule has 1 aromatic carbocycles. The maximum Gasteiger partial charge on any atom is 0.308 e. The lowest BCUT2D eigenvalue weighted by atomic mass is 9.86. The number of nitrogens with one attached hydrogen (secondary N) is 1. The first-order valence-electron chi connectivity index (χ1n) is 7.88. The first-order valence-corrected chi connectivity index (χ1v) is 8.25. The zero-order valence-corrected chi connectivity index (χ0v) is 13.7. The number of aliphatic carboxylic acids is 1. The minimum atomic E-state index is -0.852. The van der Waals surface area contributed by atoms with E-state index in [0.717, 1.165) is 18.4 Å². The van der Waals surface area contributed by atoms with Crippen LogP contribution in [-0.4, -0.2) is 36.7 Å². The molecule has 6 heteroatoms. The van der Waals surface area contributed by atoms with Crippen LogP contribution in [0.15, 0.2) is 24.3 Å². The monoisotopic (exact) mass is 339 g/mol. The molecule has 1 amide bonds. The normalized spacial score (nSPS) is 16.7. The molecule has 0 aromatic heterocycles. The summed E-state index contributed by atoms with van der Waals surface area (Å²) in [5.74, 6) is -1.45. The van der Waals surface area contributed by atoms with Crippen LogP contribution in [0.2, 0.25) is 5.02 Å². The van der Waals surface area contributed by atoms with Gasteiger partial charge in [-0.1, -0.05) is 23.7 Å². The molecular weight excluding hydrogens is 318 g/mol. The third-order valence-electron chi connectivity index (χ3n) is 4.23. The van der Waals surface area contributed by atoms with Gasteiger partial charge in [-0.05, 0) is 42.9 Å². The van der Waals surface area contributed by atoms with Crippen LogP contribution in [0.1, 0.15) is 24.8 Å². The smallest absolute Gasteiger partial charge is 0.308 e. The van der Waals surface area contributed by atoms with Gasteiger partial charge < -0.3 is 15.2 Å². The molecule has 0 aliphatic carbocycles. The average molecular weight is 340 g/mol. The molecule has 1 heterocycles. The highest BCUT2D eigenvalue weighted by molar-refractivity contribution is 6.30. The average Bonchev–Trinajstić information content (AvgIpc) is 2.55. The lowest BCUT2D eigenvalue weighted by Gasteiger charge is -2.27. The van der Waals surface area contributed by atoms with E-state index in [1.165, 1.54) is 0 Å². The molecule has 0 spiro atoms. The number of carbonyl (C=O) groups is 2. The zero-order chi connectivity index (χ0) is 16.7. The van der Waals surface area contributed by atoms with Gasteiger partial charge in [0.25, 0.3) is 0 Å². The predicted molar refractivity (Wildman–Crippen MR) is 87.5 cm³/mol. The van der Waals surface area contributed by atoms with Crippen LogP contribution in [-0.2, 0) is 20.7 Å². The second kappa shape index (κ2) is 8.89. The molecule has 0 bridgehead atoms. The van der Waals surface area contributed by atoms with E-state index in [9.17, 15) is 14.7 Å². The van der Waals surface area contributed by atoms with Crippen molar-refractivity contribution < 1.29 is 19.4 Å². The number of carboxylic acids is 1. The summed E-state index contributed by atoms with van der Waals surface area (Å²) in [6.45, 7) is 1.37. The minimum absolute atomic E-state index is 0.0674. The number of hydrogen-bond donors (Lipinski definition) is 2. The van der Waals surface area contributed by atoms with E-state index in [1.54, 1.807) is 12.1 Å². The first kappa shape index (κ1) is 17.8. The van der Waals surface area contributed by atoms with Crippen molar-refractivity contribution in [3.8, 4) is 0 Å². The molecule has 1 aliphatic rings. The number of carboxylic acid groups (broad SMARTS) is 1. The summed E-state index contributed by atoms with van der Waals surface area (Å²) in [6.07, 6.45) is 2.41. The zero-order valence-electron chi connectivity index (χ0n) is 13.0.